The highest BCUT2D eigenvalue weighted by Gasteiger charge is 2.15. The molecule has 2 aromatic heterocycles. The van der Waals surface area contributed by atoms with Crippen molar-refractivity contribution < 1.29 is 9.18 Å². The van der Waals surface area contributed by atoms with Gasteiger partial charge in [0, 0.05) is 35.1 Å². The third-order valence-corrected chi connectivity index (χ3v) is 5.56. The van der Waals surface area contributed by atoms with Crippen molar-refractivity contribution in [3.05, 3.63) is 82.9 Å². The molecule has 0 aliphatic rings. The highest BCUT2D eigenvalue weighted by molar-refractivity contribution is 5.91. The Morgan fingerprint density at radius 2 is 1.90 bits per heavy atom. The van der Waals surface area contributed by atoms with E-state index in [2.05, 4.69) is 22.3 Å². The maximum Gasteiger partial charge on any atom is 0.224 e. The lowest BCUT2D eigenvalue weighted by atomic mass is 10.1. The number of nitrogens with one attached hydrogen (secondary N) is 1. The number of para-hydroxylation sites is 1. The standard InChI is InChI=1S/C25H25FN4O/c1-4-18-8-5-6-11-22(18)28-25(31)13-12-21-16(2)27-24-15-23(29-30(24)17(21)3)19-9-7-10-20(26)14-19/h5-11,14-15H,4,12-13H2,1-3H3,(H,28,31). The smallest absolute Gasteiger partial charge is 0.224 e. The van der Waals surface area contributed by atoms with Crippen LogP contribution >= 0.6 is 0 Å². The van der Waals surface area contributed by atoms with Crippen molar-refractivity contribution in [1.29, 1.82) is 0 Å². The van der Waals surface area contributed by atoms with Crippen molar-refractivity contribution in [2.45, 2.75) is 40.0 Å². The van der Waals surface area contributed by atoms with Crippen LogP contribution in [0.1, 0.15) is 35.9 Å². The summed E-state index contributed by atoms with van der Waals surface area (Å²) >= 11 is 0. The zero-order valence-corrected chi connectivity index (χ0v) is 17.9. The van der Waals surface area contributed by atoms with Crippen molar-refractivity contribution in [1.82, 2.24) is 14.6 Å². The third kappa shape index (κ3) is 4.33. The lowest BCUT2D eigenvalue weighted by Crippen LogP contribution is -2.15. The van der Waals surface area contributed by atoms with Crippen LogP contribution in [0.4, 0.5) is 10.1 Å². The van der Waals surface area contributed by atoms with Crippen molar-refractivity contribution in [2.24, 2.45) is 0 Å². The van der Waals surface area contributed by atoms with Gasteiger partial charge in [0.25, 0.3) is 0 Å². The van der Waals surface area contributed by atoms with Gasteiger partial charge in [0.2, 0.25) is 5.91 Å². The molecule has 4 aromatic rings. The van der Waals surface area contributed by atoms with Crippen molar-refractivity contribution >= 4 is 17.2 Å². The summed E-state index contributed by atoms with van der Waals surface area (Å²) < 4.78 is 15.4. The number of hydrogen-bond donors (Lipinski definition) is 1. The fourth-order valence-corrected chi connectivity index (χ4v) is 3.88. The summed E-state index contributed by atoms with van der Waals surface area (Å²) in [6.45, 7) is 5.99. The molecule has 4 rings (SSSR count). The molecule has 2 heterocycles. The molecule has 0 spiro atoms. The Morgan fingerprint density at radius 3 is 2.68 bits per heavy atom. The second-order valence-corrected chi connectivity index (χ2v) is 7.63. The van der Waals surface area contributed by atoms with Gasteiger partial charge in [-0.15, -0.1) is 0 Å². The second kappa shape index (κ2) is 8.68. The minimum absolute atomic E-state index is 0.0271. The highest BCUT2D eigenvalue weighted by Crippen LogP contribution is 2.23. The maximum absolute atomic E-state index is 13.6. The van der Waals surface area contributed by atoms with Crippen LogP contribution < -0.4 is 5.32 Å². The number of benzene rings is 2. The highest BCUT2D eigenvalue weighted by atomic mass is 19.1. The first-order chi connectivity index (χ1) is 15.0. The summed E-state index contributed by atoms with van der Waals surface area (Å²) in [5, 5.41) is 7.65. The molecule has 0 saturated heterocycles. The number of aryl methyl sites for hydroxylation is 3. The van der Waals surface area contributed by atoms with Crippen molar-refractivity contribution in [2.75, 3.05) is 5.32 Å². The second-order valence-electron chi connectivity index (χ2n) is 7.63. The number of carbonyl (C=O) groups excluding carboxylic acids is 1. The van der Waals surface area contributed by atoms with E-state index in [0.29, 0.717) is 29.7 Å². The monoisotopic (exact) mass is 416 g/mol. The number of aromatic nitrogens is 3. The van der Waals surface area contributed by atoms with Crippen LogP contribution in [-0.2, 0) is 17.6 Å². The van der Waals surface area contributed by atoms with E-state index in [1.165, 1.54) is 12.1 Å². The molecule has 0 radical (unpaired) electrons. The largest absolute Gasteiger partial charge is 0.326 e. The van der Waals surface area contributed by atoms with Crippen molar-refractivity contribution in [3.63, 3.8) is 0 Å². The van der Waals surface area contributed by atoms with Gasteiger partial charge in [-0.2, -0.15) is 5.10 Å². The van der Waals surface area contributed by atoms with Gasteiger partial charge in [-0.3, -0.25) is 4.79 Å². The molecule has 31 heavy (non-hydrogen) atoms. The molecule has 0 atom stereocenters. The van der Waals surface area contributed by atoms with Gasteiger partial charge in [0.05, 0.1) is 5.69 Å². The Hall–Kier alpha value is -3.54. The van der Waals surface area contributed by atoms with Gasteiger partial charge in [-0.1, -0.05) is 37.3 Å². The Balaban J connectivity index is 1.56. The molecule has 0 saturated carbocycles. The number of anilines is 1. The Kier molecular flexibility index (Phi) is 5.80. The Bertz CT molecular complexity index is 1260. The van der Waals surface area contributed by atoms with E-state index in [-0.39, 0.29) is 11.7 Å². The average Bonchev–Trinajstić information content (AvgIpc) is 3.18. The first-order valence-electron chi connectivity index (χ1n) is 10.5. The van der Waals surface area contributed by atoms with Gasteiger partial charge in [0.1, 0.15) is 5.82 Å². The van der Waals surface area contributed by atoms with Gasteiger partial charge in [-0.25, -0.2) is 13.9 Å². The van der Waals surface area contributed by atoms with Gasteiger partial charge < -0.3 is 5.32 Å². The van der Waals surface area contributed by atoms with Gasteiger partial charge in [0.15, 0.2) is 5.65 Å². The lowest BCUT2D eigenvalue weighted by molar-refractivity contribution is -0.116. The van der Waals surface area contributed by atoms with E-state index in [4.69, 9.17) is 0 Å². The van der Waals surface area contributed by atoms with Gasteiger partial charge >= 0.3 is 0 Å². The average molecular weight is 417 g/mol. The van der Waals surface area contributed by atoms with E-state index in [9.17, 15) is 9.18 Å². The van der Waals surface area contributed by atoms with E-state index in [1.807, 2.05) is 50.2 Å². The first-order valence-corrected chi connectivity index (χ1v) is 10.5. The molecule has 0 unspecified atom stereocenters. The third-order valence-electron chi connectivity index (χ3n) is 5.56. The summed E-state index contributed by atoms with van der Waals surface area (Å²) in [4.78, 5) is 17.2. The maximum atomic E-state index is 13.6. The number of hydrogen-bond acceptors (Lipinski definition) is 3. The summed E-state index contributed by atoms with van der Waals surface area (Å²) in [6.07, 6.45) is 1.78. The van der Waals surface area contributed by atoms with Crippen LogP contribution in [0.2, 0.25) is 0 Å². The molecule has 0 fully saturated rings. The topological polar surface area (TPSA) is 59.3 Å². The molecule has 0 aliphatic heterocycles. The molecular formula is C25H25FN4O. The van der Waals surface area contributed by atoms with Crippen molar-refractivity contribution in [3.8, 4) is 11.3 Å². The molecule has 6 heteroatoms. The minimum atomic E-state index is -0.299. The zero-order chi connectivity index (χ0) is 22.0. The van der Waals surface area contributed by atoms with Crippen LogP contribution in [0.15, 0.2) is 54.6 Å². The lowest BCUT2D eigenvalue weighted by Gasteiger charge is -2.12. The summed E-state index contributed by atoms with van der Waals surface area (Å²) in [5.41, 5.74) is 6.87. The molecule has 1 N–H and O–H groups in total. The molecule has 2 aromatic carbocycles. The summed E-state index contributed by atoms with van der Waals surface area (Å²) in [5.74, 6) is -0.326. The molecule has 158 valence electrons. The van der Waals surface area contributed by atoms with E-state index >= 15 is 0 Å². The first kappa shape index (κ1) is 20.7. The van der Waals surface area contributed by atoms with Gasteiger partial charge in [-0.05, 0) is 56.0 Å². The number of amides is 1. The number of fused-ring (bicyclic) bond motifs is 1. The number of carbonyl (C=O) groups is 1. The minimum Gasteiger partial charge on any atom is -0.326 e. The fraction of sp³-hybridized carbons (Fsp3) is 0.240. The summed E-state index contributed by atoms with van der Waals surface area (Å²) in [7, 11) is 0. The van der Waals surface area contributed by atoms with Crippen LogP contribution in [0, 0.1) is 19.7 Å². The molecule has 0 aliphatic carbocycles. The van der Waals surface area contributed by atoms with Crippen LogP contribution in [0.5, 0.6) is 0 Å². The summed E-state index contributed by atoms with van der Waals surface area (Å²) in [6, 6.07) is 16.1. The van der Waals surface area contributed by atoms with Crippen LogP contribution in [0.3, 0.4) is 0 Å². The predicted octanol–water partition coefficient (Wildman–Crippen LogP) is 5.29. The predicted molar refractivity (Wildman–Crippen MR) is 121 cm³/mol. The SMILES string of the molecule is CCc1ccccc1NC(=O)CCc1c(C)nc2cc(-c3cccc(F)c3)nn2c1C. The fourth-order valence-electron chi connectivity index (χ4n) is 3.88. The molecule has 0 bridgehead atoms. The van der Waals surface area contributed by atoms with Crippen LogP contribution in [0.25, 0.3) is 16.9 Å². The molecule has 5 nitrogen and oxygen atoms in total. The van der Waals surface area contributed by atoms with E-state index < -0.39 is 0 Å². The molecular weight excluding hydrogens is 391 g/mol. The van der Waals surface area contributed by atoms with E-state index in [0.717, 1.165) is 34.6 Å². The Labute approximate surface area is 181 Å². The van der Waals surface area contributed by atoms with Crippen LogP contribution in [-0.4, -0.2) is 20.5 Å². The number of halogens is 1. The number of nitrogens with zero attached hydrogens (tertiary/aromatic N) is 3. The van der Waals surface area contributed by atoms with E-state index in [1.54, 1.807) is 10.6 Å². The zero-order valence-electron chi connectivity index (χ0n) is 17.9. The Morgan fingerprint density at radius 1 is 1.10 bits per heavy atom. The quantitative estimate of drug-likeness (QED) is 0.465. The normalized spacial score (nSPS) is 11.1. The molecule has 1 amide bonds. The number of rotatable bonds is 6.